The minimum absolute atomic E-state index is 0.0616. The van der Waals surface area contributed by atoms with E-state index in [2.05, 4.69) is 0 Å². The quantitative estimate of drug-likeness (QED) is 0.499. The van der Waals surface area contributed by atoms with Gasteiger partial charge in [0, 0.05) is 12.8 Å². The minimum Gasteiger partial charge on any atom is -0.504 e. The number of ether oxygens (including phenoxy) is 2. The second kappa shape index (κ2) is 12.1. The van der Waals surface area contributed by atoms with Crippen molar-refractivity contribution in [3.8, 4) is 23.0 Å². The number of phenolic OH excluding ortho intramolecular Hbond substituents is 2. The van der Waals surface area contributed by atoms with E-state index in [4.69, 9.17) is 19.7 Å². The van der Waals surface area contributed by atoms with E-state index < -0.39 is 11.9 Å². The third-order valence-corrected chi connectivity index (χ3v) is 3.97. The largest absolute Gasteiger partial charge is 0.504 e. The highest BCUT2D eigenvalue weighted by molar-refractivity contribution is 5.67. The van der Waals surface area contributed by atoms with Crippen LogP contribution < -0.4 is 9.47 Å². The summed E-state index contributed by atoms with van der Waals surface area (Å²) in [6.45, 7) is 0. The number of aliphatic carboxylic acids is 2. The van der Waals surface area contributed by atoms with Crippen LogP contribution in [-0.4, -0.2) is 46.6 Å². The topological polar surface area (TPSA) is 134 Å². The molecule has 0 aliphatic carbocycles. The summed E-state index contributed by atoms with van der Waals surface area (Å²) >= 11 is 0. The number of methoxy groups -OCH3 is 2. The van der Waals surface area contributed by atoms with Gasteiger partial charge < -0.3 is 29.9 Å². The second-order valence-electron chi connectivity index (χ2n) is 6.15. The summed E-state index contributed by atoms with van der Waals surface area (Å²) in [5, 5.41) is 35.5. The lowest BCUT2D eigenvalue weighted by molar-refractivity contribution is -0.138. The Morgan fingerprint density at radius 1 is 0.759 bits per heavy atom. The molecule has 2 aromatic carbocycles. The number of carboxylic acids is 2. The van der Waals surface area contributed by atoms with E-state index in [-0.39, 0.29) is 24.3 Å². The molecule has 0 saturated heterocycles. The summed E-state index contributed by atoms with van der Waals surface area (Å²) < 4.78 is 9.84. The van der Waals surface area contributed by atoms with Gasteiger partial charge in [-0.2, -0.15) is 0 Å². The van der Waals surface area contributed by atoms with Crippen LogP contribution in [0.5, 0.6) is 23.0 Å². The van der Waals surface area contributed by atoms with Crippen molar-refractivity contribution in [2.75, 3.05) is 14.2 Å². The monoisotopic (exact) mass is 406 g/mol. The zero-order valence-electron chi connectivity index (χ0n) is 16.4. The van der Waals surface area contributed by atoms with Gasteiger partial charge >= 0.3 is 11.9 Å². The number of aromatic hydroxyl groups is 2. The number of phenols is 2. The van der Waals surface area contributed by atoms with Crippen molar-refractivity contribution in [2.24, 2.45) is 0 Å². The normalized spacial score (nSPS) is 9.86. The highest BCUT2D eigenvalue weighted by atomic mass is 16.5. The Balaban J connectivity index is 0.000000291. The molecular formula is C21H26O8. The van der Waals surface area contributed by atoms with Gasteiger partial charge in [-0.25, -0.2) is 0 Å². The van der Waals surface area contributed by atoms with Crippen LogP contribution in [0.4, 0.5) is 0 Å². The Hall–Kier alpha value is -3.42. The molecule has 0 fully saturated rings. The molecule has 8 heteroatoms. The summed E-state index contributed by atoms with van der Waals surface area (Å²) in [6, 6.07) is 9.85. The lowest BCUT2D eigenvalue weighted by atomic mass is 10.1. The molecule has 0 aliphatic rings. The summed E-state index contributed by atoms with van der Waals surface area (Å²) in [5.74, 6) is -0.681. The average Bonchev–Trinajstić information content (AvgIpc) is 2.68. The smallest absolute Gasteiger partial charge is 0.303 e. The fourth-order valence-electron chi connectivity index (χ4n) is 2.45. The number of rotatable bonds is 9. The first-order chi connectivity index (χ1) is 13.8. The van der Waals surface area contributed by atoms with E-state index in [0.29, 0.717) is 30.8 Å². The predicted octanol–water partition coefficient (Wildman–Crippen LogP) is 3.23. The molecule has 8 nitrogen and oxygen atoms in total. The maximum absolute atomic E-state index is 10.3. The summed E-state index contributed by atoms with van der Waals surface area (Å²) in [6.07, 6.45) is 1.93. The number of carbonyl (C=O) groups is 2. The van der Waals surface area contributed by atoms with Gasteiger partial charge in [0.15, 0.2) is 23.0 Å². The van der Waals surface area contributed by atoms with Crippen molar-refractivity contribution in [1.29, 1.82) is 0 Å². The van der Waals surface area contributed by atoms with Gasteiger partial charge in [0.05, 0.1) is 14.2 Å². The van der Waals surface area contributed by atoms with Crippen molar-refractivity contribution in [3.05, 3.63) is 47.5 Å². The third-order valence-electron chi connectivity index (χ3n) is 3.97. The highest BCUT2D eigenvalue weighted by Crippen LogP contribution is 2.27. The Labute approximate surface area is 169 Å². The molecule has 2 aromatic rings. The van der Waals surface area contributed by atoms with Crippen LogP contribution in [0.1, 0.15) is 30.4 Å². The third kappa shape index (κ3) is 8.87. The molecule has 158 valence electrons. The van der Waals surface area contributed by atoms with Crippen molar-refractivity contribution in [3.63, 3.8) is 0 Å². The van der Waals surface area contributed by atoms with Crippen LogP contribution >= 0.6 is 0 Å². The van der Waals surface area contributed by atoms with Crippen molar-refractivity contribution < 1.29 is 39.5 Å². The Bertz CT molecular complexity index is 816. The molecule has 4 N–H and O–H groups in total. The van der Waals surface area contributed by atoms with Crippen LogP contribution in [0, 0.1) is 0 Å². The number of aryl methyl sites for hydroxylation is 2. The SMILES string of the molecule is COc1cc(CCC(=O)O)ccc1O.COc1cc(CCCC(=O)O)ccc1O. The maximum Gasteiger partial charge on any atom is 0.303 e. The van der Waals surface area contributed by atoms with E-state index in [1.807, 2.05) is 0 Å². The Morgan fingerprint density at radius 2 is 1.21 bits per heavy atom. The fourth-order valence-corrected chi connectivity index (χ4v) is 2.45. The van der Waals surface area contributed by atoms with Crippen molar-refractivity contribution in [2.45, 2.75) is 32.1 Å². The molecule has 0 atom stereocenters. The average molecular weight is 406 g/mol. The molecule has 0 unspecified atom stereocenters. The molecule has 0 radical (unpaired) electrons. The summed E-state index contributed by atoms with van der Waals surface area (Å²) in [5.41, 5.74) is 1.80. The summed E-state index contributed by atoms with van der Waals surface area (Å²) in [4.78, 5) is 20.6. The van der Waals surface area contributed by atoms with Gasteiger partial charge in [-0.05, 0) is 54.7 Å². The van der Waals surface area contributed by atoms with E-state index in [9.17, 15) is 19.8 Å². The second-order valence-corrected chi connectivity index (χ2v) is 6.15. The Kier molecular flexibility index (Phi) is 9.87. The van der Waals surface area contributed by atoms with E-state index in [1.165, 1.54) is 20.3 Å². The molecule has 0 bridgehead atoms. The Morgan fingerprint density at radius 3 is 1.62 bits per heavy atom. The predicted molar refractivity (Wildman–Crippen MR) is 106 cm³/mol. The van der Waals surface area contributed by atoms with Gasteiger partial charge in [-0.15, -0.1) is 0 Å². The van der Waals surface area contributed by atoms with Gasteiger partial charge in [0.2, 0.25) is 0 Å². The van der Waals surface area contributed by atoms with Crippen molar-refractivity contribution in [1.82, 2.24) is 0 Å². The number of benzene rings is 2. The molecule has 0 amide bonds. The molecule has 29 heavy (non-hydrogen) atoms. The van der Waals surface area contributed by atoms with E-state index in [0.717, 1.165) is 11.1 Å². The zero-order valence-corrected chi connectivity index (χ0v) is 16.4. The van der Waals surface area contributed by atoms with Crippen LogP contribution in [-0.2, 0) is 22.4 Å². The van der Waals surface area contributed by atoms with Crippen LogP contribution in [0.15, 0.2) is 36.4 Å². The molecular weight excluding hydrogens is 380 g/mol. The van der Waals surface area contributed by atoms with Crippen LogP contribution in [0.3, 0.4) is 0 Å². The van der Waals surface area contributed by atoms with Crippen LogP contribution in [0.25, 0.3) is 0 Å². The van der Waals surface area contributed by atoms with Crippen LogP contribution in [0.2, 0.25) is 0 Å². The maximum atomic E-state index is 10.3. The molecule has 0 spiro atoms. The first-order valence-electron chi connectivity index (χ1n) is 8.92. The molecule has 2 rings (SSSR count). The summed E-state index contributed by atoms with van der Waals surface area (Å²) in [7, 11) is 2.94. The number of carboxylic acid groups (broad SMARTS) is 2. The molecule has 0 aromatic heterocycles. The minimum atomic E-state index is -0.836. The lowest BCUT2D eigenvalue weighted by Crippen LogP contribution is -1.97. The zero-order chi connectivity index (χ0) is 21.8. The van der Waals surface area contributed by atoms with Gasteiger partial charge in [-0.3, -0.25) is 9.59 Å². The number of hydrogen-bond donors (Lipinski definition) is 4. The first kappa shape index (κ1) is 23.6. The van der Waals surface area contributed by atoms with Gasteiger partial charge in [-0.1, -0.05) is 12.1 Å². The molecule has 0 heterocycles. The van der Waals surface area contributed by atoms with Gasteiger partial charge in [0.25, 0.3) is 0 Å². The van der Waals surface area contributed by atoms with Gasteiger partial charge in [0.1, 0.15) is 0 Å². The standard InChI is InChI=1S/C11H14O4.C10H12O4/c1-15-10-7-8(5-6-9(10)12)3-2-4-11(13)14;1-14-9-6-7(2-4-8(9)11)3-5-10(12)13/h5-7,12H,2-4H2,1H3,(H,13,14);2,4,6,11H,3,5H2,1H3,(H,12,13). The molecule has 0 saturated carbocycles. The number of hydrogen-bond acceptors (Lipinski definition) is 6. The lowest BCUT2D eigenvalue weighted by Gasteiger charge is -2.05. The van der Waals surface area contributed by atoms with E-state index in [1.54, 1.807) is 30.3 Å². The highest BCUT2D eigenvalue weighted by Gasteiger charge is 2.05. The van der Waals surface area contributed by atoms with E-state index >= 15 is 0 Å². The fraction of sp³-hybridized carbons (Fsp3) is 0.333. The first-order valence-corrected chi connectivity index (χ1v) is 8.92. The van der Waals surface area contributed by atoms with Crippen molar-refractivity contribution >= 4 is 11.9 Å². The molecule has 0 aliphatic heterocycles.